The van der Waals surface area contributed by atoms with E-state index in [1.54, 1.807) is 0 Å². The first kappa shape index (κ1) is 10.1. The molecule has 2 rings (SSSR count). The number of carbonyl (C=O) groups excluding carboxylic acids is 1. The largest absolute Gasteiger partial charge is 0.378 e. The number of hydrogen-bond donors (Lipinski definition) is 0. The molecule has 5 heteroatoms. The van der Waals surface area contributed by atoms with E-state index in [0.29, 0.717) is 0 Å². The normalized spacial score (nSPS) is 17.1. The lowest BCUT2D eigenvalue weighted by Gasteiger charge is -2.27. The molecule has 2 heterocycles. The third-order valence-electron chi connectivity index (χ3n) is 2.13. The smallest absolute Gasteiger partial charge is 0.161 e. The SMILES string of the molecule is O=Cc1sc(N2CCOCC2)cc1Br. The Labute approximate surface area is 94.8 Å². The van der Waals surface area contributed by atoms with Crippen LogP contribution in [0.25, 0.3) is 0 Å². The molecule has 0 bridgehead atoms. The summed E-state index contributed by atoms with van der Waals surface area (Å²) < 4.78 is 6.15. The van der Waals surface area contributed by atoms with Gasteiger partial charge in [-0.1, -0.05) is 0 Å². The first-order valence-electron chi connectivity index (χ1n) is 4.38. The Morgan fingerprint density at radius 2 is 2.21 bits per heavy atom. The number of aldehydes is 1. The van der Waals surface area contributed by atoms with Gasteiger partial charge in [0, 0.05) is 17.6 Å². The van der Waals surface area contributed by atoms with Crippen LogP contribution in [0.4, 0.5) is 5.00 Å². The molecule has 0 atom stereocenters. The van der Waals surface area contributed by atoms with Crippen LogP contribution in [0, 0.1) is 0 Å². The second kappa shape index (κ2) is 4.42. The maximum Gasteiger partial charge on any atom is 0.161 e. The zero-order chi connectivity index (χ0) is 9.97. The first-order chi connectivity index (χ1) is 6.81. The second-order valence-electron chi connectivity index (χ2n) is 3.01. The molecule has 1 aliphatic rings. The van der Waals surface area contributed by atoms with Gasteiger partial charge in [-0.25, -0.2) is 0 Å². The molecule has 3 nitrogen and oxygen atoms in total. The van der Waals surface area contributed by atoms with Crippen LogP contribution in [0.2, 0.25) is 0 Å². The molecule has 0 aromatic carbocycles. The molecule has 1 saturated heterocycles. The molecule has 0 amide bonds. The van der Waals surface area contributed by atoms with Crippen LogP contribution in [-0.2, 0) is 4.74 Å². The highest BCUT2D eigenvalue weighted by Crippen LogP contribution is 2.32. The predicted octanol–water partition coefficient (Wildman–Crippen LogP) is 2.16. The molecular formula is C9H10BrNO2S. The summed E-state index contributed by atoms with van der Waals surface area (Å²) >= 11 is 4.89. The molecule has 0 saturated carbocycles. The highest BCUT2D eigenvalue weighted by atomic mass is 79.9. The number of hydrogen-bond acceptors (Lipinski definition) is 4. The Bertz CT molecular complexity index is 334. The Hall–Kier alpha value is -0.390. The minimum absolute atomic E-state index is 0.756. The number of ether oxygens (including phenoxy) is 1. The van der Waals surface area contributed by atoms with Crippen LogP contribution in [-0.4, -0.2) is 32.6 Å². The molecule has 1 aromatic heterocycles. The van der Waals surface area contributed by atoms with Crippen molar-refractivity contribution in [3.8, 4) is 0 Å². The molecule has 1 fully saturated rings. The molecule has 1 aliphatic heterocycles. The van der Waals surface area contributed by atoms with E-state index in [1.807, 2.05) is 6.07 Å². The van der Waals surface area contributed by atoms with E-state index in [2.05, 4.69) is 20.8 Å². The third kappa shape index (κ3) is 1.99. The van der Waals surface area contributed by atoms with Crippen LogP contribution in [0.5, 0.6) is 0 Å². The molecule has 0 N–H and O–H groups in total. The van der Waals surface area contributed by atoms with Gasteiger partial charge in [-0.3, -0.25) is 4.79 Å². The summed E-state index contributed by atoms with van der Waals surface area (Å²) in [5.74, 6) is 0. The van der Waals surface area contributed by atoms with Crippen LogP contribution >= 0.6 is 27.3 Å². The summed E-state index contributed by atoms with van der Waals surface area (Å²) in [4.78, 5) is 13.7. The van der Waals surface area contributed by atoms with Gasteiger partial charge in [0.05, 0.1) is 23.1 Å². The Morgan fingerprint density at radius 1 is 1.50 bits per heavy atom. The van der Waals surface area contributed by atoms with Gasteiger partial charge in [0.1, 0.15) is 0 Å². The average Bonchev–Trinajstić information content (AvgIpc) is 2.61. The average molecular weight is 276 g/mol. The Balaban J connectivity index is 2.18. The number of thiophene rings is 1. The third-order valence-corrected chi connectivity index (χ3v) is 4.17. The van der Waals surface area contributed by atoms with Crippen molar-refractivity contribution in [1.29, 1.82) is 0 Å². The van der Waals surface area contributed by atoms with Crippen LogP contribution in [0.15, 0.2) is 10.5 Å². The highest BCUT2D eigenvalue weighted by molar-refractivity contribution is 9.10. The highest BCUT2D eigenvalue weighted by Gasteiger charge is 2.15. The molecular weight excluding hydrogens is 266 g/mol. The number of carbonyl (C=O) groups is 1. The number of morpholine rings is 1. The quantitative estimate of drug-likeness (QED) is 0.775. The fourth-order valence-corrected chi connectivity index (χ4v) is 3.01. The summed E-state index contributed by atoms with van der Waals surface area (Å²) in [5, 5.41) is 1.14. The zero-order valence-electron chi connectivity index (χ0n) is 7.53. The Morgan fingerprint density at radius 3 is 2.79 bits per heavy atom. The minimum atomic E-state index is 0.756. The summed E-state index contributed by atoms with van der Waals surface area (Å²) in [6, 6.07) is 2.00. The summed E-state index contributed by atoms with van der Waals surface area (Å²) in [5.41, 5.74) is 0. The topological polar surface area (TPSA) is 29.5 Å². The van der Waals surface area contributed by atoms with E-state index in [-0.39, 0.29) is 0 Å². The predicted molar refractivity (Wildman–Crippen MR) is 60.4 cm³/mol. The van der Waals surface area contributed by atoms with Crippen molar-refractivity contribution in [2.45, 2.75) is 0 Å². The van der Waals surface area contributed by atoms with Crippen molar-refractivity contribution in [2.75, 3.05) is 31.2 Å². The zero-order valence-corrected chi connectivity index (χ0v) is 9.94. The lowest BCUT2D eigenvalue weighted by atomic mass is 10.4. The fraction of sp³-hybridized carbons (Fsp3) is 0.444. The number of rotatable bonds is 2. The van der Waals surface area contributed by atoms with Crippen molar-refractivity contribution in [3.05, 3.63) is 15.4 Å². The molecule has 0 radical (unpaired) electrons. The van der Waals surface area contributed by atoms with Gasteiger partial charge >= 0.3 is 0 Å². The standard InChI is InChI=1S/C9H10BrNO2S/c10-7-5-9(14-8(7)6-12)11-1-3-13-4-2-11/h5-6H,1-4H2. The van der Waals surface area contributed by atoms with Crippen LogP contribution in [0.1, 0.15) is 9.67 Å². The van der Waals surface area contributed by atoms with Gasteiger partial charge in [-0.2, -0.15) is 0 Å². The number of nitrogens with zero attached hydrogens (tertiary/aromatic N) is 1. The molecule has 14 heavy (non-hydrogen) atoms. The number of anilines is 1. The van der Waals surface area contributed by atoms with Gasteiger partial charge in [-0.15, -0.1) is 11.3 Å². The monoisotopic (exact) mass is 275 g/mol. The molecule has 0 unspecified atom stereocenters. The van der Waals surface area contributed by atoms with Crippen molar-refractivity contribution in [1.82, 2.24) is 0 Å². The molecule has 0 aliphatic carbocycles. The van der Waals surface area contributed by atoms with Gasteiger partial charge in [-0.05, 0) is 22.0 Å². The van der Waals surface area contributed by atoms with E-state index in [1.165, 1.54) is 11.3 Å². The van der Waals surface area contributed by atoms with E-state index in [0.717, 1.165) is 46.9 Å². The summed E-state index contributed by atoms with van der Waals surface area (Å²) in [6.45, 7) is 3.36. The van der Waals surface area contributed by atoms with E-state index in [4.69, 9.17) is 4.74 Å². The number of halogens is 1. The molecule has 76 valence electrons. The van der Waals surface area contributed by atoms with Gasteiger partial charge in [0.15, 0.2) is 6.29 Å². The maximum atomic E-state index is 10.7. The summed E-state index contributed by atoms with van der Waals surface area (Å²) in [7, 11) is 0. The van der Waals surface area contributed by atoms with Crippen molar-refractivity contribution in [3.63, 3.8) is 0 Å². The van der Waals surface area contributed by atoms with E-state index >= 15 is 0 Å². The van der Waals surface area contributed by atoms with Crippen LogP contribution in [0.3, 0.4) is 0 Å². The minimum Gasteiger partial charge on any atom is -0.378 e. The molecule has 1 aromatic rings. The second-order valence-corrected chi connectivity index (χ2v) is 4.93. The van der Waals surface area contributed by atoms with Crippen LogP contribution < -0.4 is 4.90 Å². The van der Waals surface area contributed by atoms with E-state index < -0.39 is 0 Å². The lowest BCUT2D eigenvalue weighted by Crippen LogP contribution is -2.35. The van der Waals surface area contributed by atoms with Gasteiger partial charge < -0.3 is 9.64 Å². The maximum absolute atomic E-state index is 10.7. The van der Waals surface area contributed by atoms with E-state index in [9.17, 15) is 4.79 Å². The van der Waals surface area contributed by atoms with Gasteiger partial charge in [0.25, 0.3) is 0 Å². The summed E-state index contributed by atoms with van der Waals surface area (Å²) in [6.07, 6.45) is 0.888. The lowest BCUT2D eigenvalue weighted by molar-refractivity contribution is 0.112. The fourth-order valence-electron chi connectivity index (χ4n) is 1.39. The Kier molecular flexibility index (Phi) is 3.20. The van der Waals surface area contributed by atoms with Crippen molar-refractivity contribution in [2.24, 2.45) is 0 Å². The first-order valence-corrected chi connectivity index (χ1v) is 5.99. The van der Waals surface area contributed by atoms with Crippen molar-refractivity contribution < 1.29 is 9.53 Å². The van der Waals surface area contributed by atoms with Gasteiger partial charge in [0.2, 0.25) is 0 Å². The van der Waals surface area contributed by atoms with Crippen molar-refractivity contribution >= 4 is 38.6 Å². The molecule has 0 spiro atoms.